The van der Waals surface area contributed by atoms with E-state index in [1.165, 1.54) is 11.3 Å². The van der Waals surface area contributed by atoms with E-state index in [-0.39, 0.29) is 11.5 Å². The highest BCUT2D eigenvalue weighted by atomic mass is 32.2. The molecule has 0 aliphatic carbocycles. The summed E-state index contributed by atoms with van der Waals surface area (Å²) < 4.78 is 0. The summed E-state index contributed by atoms with van der Waals surface area (Å²) in [5.41, 5.74) is 4.96. The Kier molecular flexibility index (Phi) is 8.11. The van der Waals surface area contributed by atoms with Crippen LogP contribution in [0.15, 0.2) is 71.2 Å². The Balaban J connectivity index is 1.36. The maximum atomic E-state index is 10.9. The molecule has 0 saturated carbocycles. The van der Waals surface area contributed by atoms with Crippen LogP contribution in [0.1, 0.15) is 0 Å². The predicted octanol–water partition coefficient (Wildman–Crippen LogP) is 4.02. The van der Waals surface area contributed by atoms with E-state index in [0.717, 1.165) is 61.4 Å². The summed E-state index contributed by atoms with van der Waals surface area (Å²) in [7, 11) is 0. The van der Waals surface area contributed by atoms with E-state index in [9.17, 15) is 15.0 Å². The highest BCUT2D eigenvalue weighted by Crippen LogP contribution is 2.43. The summed E-state index contributed by atoms with van der Waals surface area (Å²) in [5.74, 6) is 0.00575. The smallest absolute Gasteiger partial charge is 0.313 e. The van der Waals surface area contributed by atoms with Crippen LogP contribution < -0.4 is 0 Å². The first-order chi connectivity index (χ1) is 20.4. The zero-order valence-electron chi connectivity index (χ0n) is 21.4. The predicted molar refractivity (Wildman–Crippen MR) is 159 cm³/mol. The summed E-state index contributed by atoms with van der Waals surface area (Å²) in [4.78, 5) is 26.2. The molecule has 0 saturated heterocycles. The van der Waals surface area contributed by atoms with Crippen LogP contribution in [0.25, 0.3) is 55.0 Å². The average molecular weight is 620 g/mol. The lowest BCUT2D eigenvalue weighted by atomic mass is 9.99. The Morgan fingerprint density at radius 1 is 0.905 bits per heavy atom. The minimum Gasteiger partial charge on any atom is -0.481 e. The number of rotatable bonds is 11. The van der Waals surface area contributed by atoms with Gasteiger partial charge in [-0.1, -0.05) is 47.8 Å². The van der Waals surface area contributed by atoms with Crippen LogP contribution in [0, 0.1) is 0 Å². The normalized spacial score (nSPS) is 11.4. The Morgan fingerprint density at radius 3 is 2.48 bits per heavy atom. The molecule has 16 heteroatoms. The summed E-state index contributed by atoms with van der Waals surface area (Å²) >= 11 is 3.69. The second-order valence-corrected chi connectivity index (χ2v) is 11.7. The topological polar surface area (TPSA) is 202 Å². The van der Waals surface area contributed by atoms with Crippen LogP contribution >= 0.6 is 34.9 Å². The zero-order valence-corrected chi connectivity index (χ0v) is 23.9. The molecule has 42 heavy (non-hydrogen) atoms. The number of H-pyrrole nitrogens is 3. The second kappa shape index (κ2) is 12.3. The van der Waals surface area contributed by atoms with Gasteiger partial charge in [0.05, 0.1) is 44.4 Å². The van der Waals surface area contributed by atoms with Gasteiger partial charge in [-0.3, -0.25) is 25.1 Å². The minimum atomic E-state index is -1.45. The van der Waals surface area contributed by atoms with Crippen molar-refractivity contribution in [1.82, 2.24) is 45.5 Å². The number of thiophene rings is 1. The maximum absolute atomic E-state index is 10.9. The molecular formula is C26H21N9O4S3. The highest BCUT2D eigenvalue weighted by molar-refractivity contribution is 7.99. The van der Waals surface area contributed by atoms with Gasteiger partial charge in [-0.2, -0.15) is 5.10 Å². The molecule has 0 aliphatic heterocycles. The van der Waals surface area contributed by atoms with E-state index in [1.54, 1.807) is 12.4 Å². The third kappa shape index (κ3) is 6.12. The van der Waals surface area contributed by atoms with Crippen LogP contribution in [-0.2, 0) is 4.79 Å². The van der Waals surface area contributed by atoms with Gasteiger partial charge in [0.25, 0.3) is 0 Å². The molecule has 6 aromatic rings. The molecule has 212 valence electrons. The fourth-order valence-electron chi connectivity index (χ4n) is 4.07. The summed E-state index contributed by atoms with van der Waals surface area (Å²) in [6.45, 7) is 0. The number of carbonyl (C=O) groups is 1. The molecule has 6 N–H and O–H groups in total. The van der Waals surface area contributed by atoms with Crippen molar-refractivity contribution in [3.8, 4) is 55.0 Å². The van der Waals surface area contributed by atoms with Crippen molar-refractivity contribution in [2.45, 2.75) is 16.6 Å². The number of hydrogen-bond acceptors (Lipinski definition) is 12. The lowest BCUT2D eigenvalue weighted by molar-refractivity contribution is -0.133. The molecular weight excluding hydrogens is 599 g/mol. The van der Waals surface area contributed by atoms with Crippen molar-refractivity contribution < 1.29 is 20.1 Å². The zero-order chi connectivity index (χ0) is 29.1. The number of pyridine rings is 1. The van der Waals surface area contributed by atoms with E-state index < -0.39 is 12.3 Å². The quantitative estimate of drug-likeness (QED) is 0.0899. The van der Waals surface area contributed by atoms with Gasteiger partial charge in [0.2, 0.25) is 10.3 Å². The Labute approximate surface area is 249 Å². The molecule has 0 amide bonds. The van der Waals surface area contributed by atoms with Crippen molar-refractivity contribution in [2.75, 3.05) is 11.5 Å². The van der Waals surface area contributed by atoms with E-state index >= 15 is 0 Å². The molecule has 13 nitrogen and oxygen atoms in total. The first-order valence-corrected chi connectivity index (χ1v) is 15.1. The van der Waals surface area contributed by atoms with Gasteiger partial charge in [-0.15, -0.1) is 21.5 Å². The molecule has 0 unspecified atom stereocenters. The Bertz CT molecular complexity index is 1830. The van der Waals surface area contributed by atoms with Gasteiger partial charge in [0.1, 0.15) is 0 Å². The minimum absolute atomic E-state index is 0.0606. The van der Waals surface area contributed by atoms with E-state index in [1.807, 2.05) is 48.5 Å². The molecule has 0 bridgehead atoms. The second-order valence-electron chi connectivity index (χ2n) is 8.72. The van der Waals surface area contributed by atoms with Gasteiger partial charge in [-0.25, -0.2) is 9.97 Å². The van der Waals surface area contributed by atoms with Crippen LogP contribution in [0.3, 0.4) is 0 Å². The van der Waals surface area contributed by atoms with E-state index in [0.29, 0.717) is 27.5 Å². The van der Waals surface area contributed by atoms with Gasteiger partial charge in [0.15, 0.2) is 17.9 Å². The SMILES string of the molecule is O=C(O)CSc1n[nH]c(-c2cn[nH]c2-c2cccc(-c3cc(-c4nc(SCC(O)O)n[nH]4)sc3-c3ccccn3)c2)n1. The largest absolute Gasteiger partial charge is 0.481 e. The van der Waals surface area contributed by atoms with Crippen LogP contribution in [-0.4, -0.2) is 84.6 Å². The maximum Gasteiger partial charge on any atom is 0.313 e. The number of thioether (sulfide) groups is 2. The molecule has 1 aromatic carbocycles. The third-order valence-corrected chi connectivity index (χ3v) is 8.74. The fraction of sp³-hybridized carbons (Fsp3) is 0.115. The first kappa shape index (κ1) is 27.8. The van der Waals surface area contributed by atoms with Crippen molar-refractivity contribution in [2.24, 2.45) is 0 Å². The highest BCUT2D eigenvalue weighted by Gasteiger charge is 2.20. The molecule has 5 heterocycles. The Hall–Kier alpha value is -4.35. The first-order valence-electron chi connectivity index (χ1n) is 12.3. The molecule has 5 aromatic heterocycles. The van der Waals surface area contributed by atoms with Gasteiger partial charge in [-0.05, 0) is 29.8 Å². The van der Waals surface area contributed by atoms with Crippen molar-refractivity contribution >= 4 is 40.8 Å². The lowest BCUT2D eigenvalue weighted by Crippen LogP contribution is -2.07. The average Bonchev–Trinajstić information content (AvgIpc) is 3.81. The number of carboxylic acid groups (broad SMARTS) is 1. The van der Waals surface area contributed by atoms with Crippen molar-refractivity contribution in [1.29, 1.82) is 0 Å². The van der Waals surface area contributed by atoms with Crippen LogP contribution in [0.2, 0.25) is 0 Å². The van der Waals surface area contributed by atoms with Gasteiger partial charge in [0, 0.05) is 17.3 Å². The molecule has 6 rings (SSSR count). The molecule has 0 fully saturated rings. The number of aliphatic hydroxyl groups excluding tert-OH is 1. The van der Waals surface area contributed by atoms with Gasteiger partial charge < -0.3 is 15.3 Å². The summed E-state index contributed by atoms with van der Waals surface area (Å²) in [5, 5.41) is 49.4. The van der Waals surface area contributed by atoms with Crippen LogP contribution in [0.5, 0.6) is 0 Å². The number of nitrogens with one attached hydrogen (secondary N) is 3. The van der Waals surface area contributed by atoms with Crippen molar-refractivity contribution in [3.05, 3.63) is 60.9 Å². The van der Waals surface area contributed by atoms with E-state index in [4.69, 9.17) is 5.11 Å². The number of aliphatic hydroxyl groups is 2. The van der Waals surface area contributed by atoms with Crippen LogP contribution in [0.4, 0.5) is 0 Å². The Morgan fingerprint density at radius 2 is 1.69 bits per heavy atom. The number of hydrogen-bond donors (Lipinski definition) is 6. The number of aromatic amines is 3. The molecule has 0 atom stereocenters. The van der Waals surface area contributed by atoms with E-state index in [2.05, 4.69) is 45.5 Å². The fourth-order valence-corrected chi connectivity index (χ4v) is 6.24. The number of aromatic nitrogens is 9. The third-order valence-electron chi connectivity index (χ3n) is 5.84. The number of benzene rings is 1. The molecule has 0 aliphatic rings. The lowest BCUT2D eigenvalue weighted by Gasteiger charge is -2.07. The molecule has 0 radical (unpaired) electrons. The van der Waals surface area contributed by atoms with Gasteiger partial charge >= 0.3 is 5.97 Å². The standard InChI is InChI=1S/C26H21N9O4S3/c36-19(37)11-40-25-29-23(32-34-25)16-10-28-31-21(16)14-5-3-4-13(8-14)15-9-18(42-22(15)17-6-1-2-7-27-17)24-30-26(35-33-24)41-12-20(38)39/h1-10,20,38-39H,11-12H2,(H,28,31)(H,36,37)(H,29,32,34)(H,30,33,35). The summed E-state index contributed by atoms with van der Waals surface area (Å²) in [6.07, 6.45) is 1.94. The summed E-state index contributed by atoms with van der Waals surface area (Å²) in [6, 6.07) is 15.7. The molecule has 0 spiro atoms. The van der Waals surface area contributed by atoms with Crippen molar-refractivity contribution in [3.63, 3.8) is 0 Å². The number of aliphatic carboxylic acids is 1. The number of nitrogens with zero attached hydrogens (tertiary/aromatic N) is 6. The number of carboxylic acids is 1. The monoisotopic (exact) mass is 619 g/mol.